The summed E-state index contributed by atoms with van der Waals surface area (Å²) in [7, 11) is 0. The van der Waals surface area contributed by atoms with E-state index >= 15 is 0 Å². The summed E-state index contributed by atoms with van der Waals surface area (Å²) in [6, 6.07) is 8.18. The van der Waals surface area contributed by atoms with Crippen LogP contribution in [0, 0.1) is 0 Å². The number of benzene rings is 1. The van der Waals surface area contributed by atoms with Gasteiger partial charge in [-0.15, -0.1) is 0 Å². The van der Waals surface area contributed by atoms with Crippen molar-refractivity contribution in [3.8, 4) is 0 Å². The van der Waals surface area contributed by atoms with Gasteiger partial charge >= 0.3 is 0 Å². The molecule has 0 bridgehead atoms. The molecule has 15 heavy (non-hydrogen) atoms. The molecule has 1 nitrogen and oxygen atoms in total. The highest BCUT2D eigenvalue weighted by Crippen LogP contribution is 2.19. The Morgan fingerprint density at radius 1 is 1.00 bits per heavy atom. The highest BCUT2D eigenvalue weighted by molar-refractivity contribution is 6.31. The van der Waals surface area contributed by atoms with E-state index in [0.717, 1.165) is 11.6 Å². The minimum atomic E-state index is 0.904. The number of likely N-dealkylation sites (tertiary alicyclic amines) is 1. The van der Waals surface area contributed by atoms with E-state index in [1.54, 1.807) is 0 Å². The second-order valence-corrected chi connectivity index (χ2v) is 4.69. The fraction of sp³-hybridized carbons (Fsp3) is 0.538. The fourth-order valence-electron chi connectivity index (χ4n) is 2.16. The predicted octanol–water partition coefficient (Wildman–Crippen LogP) is 3.72. The third-order valence-corrected chi connectivity index (χ3v) is 3.42. The lowest BCUT2D eigenvalue weighted by molar-refractivity contribution is 0.277. The fourth-order valence-corrected chi connectivity index (χ4v) is 2.36. The largest absolute Gasteiger partial charge is 0.299 e. The Bertz CT molecular complexity index is 303. The number of hydrogen-bond acceptors (Lipinski definition) is 1. The van der Waals surface area contributed by atoms with Crippen LogP contribution in [0.3, 0.4) is 0 Å². The molecule has 0 unspecified atom stereocenters. The zero-order chi connectivity index (χ0) is 10.5. The monoisotopic (exact) mass is 223 g/mol. The van der Waals surface area contributed by atoms with Crippen molar-refractivity contribution in [3.05, 3.63) is 34.9 Å². The lowest BCUT2D eigenvalue weighted by Gasteiger charge is -2.20. The maximum atomic E-state index is 6.16. The van der Waals surface area contributed by atoms with Crippen molar-refractivity contribution in [1.82, 2.24) is 4.90 Å². The first kappa shape index (κ1) is 11.0. The smallest absolute Gasteiger partial charge is 0.0451 e. The van der Waals surface area contributed by atoms with Crippen molar-refractivity contribution in [2.24, 2.45) is 0 Å². The van der Waals surface area contributed by atoms with Crippen molar-refractivity contribution in [2.75, 3.05) is 13.1 Å². The molecule has 0 aromatic heterocycles. The minimum Gasteiger partial charge on any atom is -0.299 e. The minimum absolute atomic E-state index is 0.904. The highest BCUT2D eigenvalue weighted by atomic mass is 35.5. The van der Waals surface area contributed by atoms with Gasteiger partial charge in [0.25, 0.3) is 0 Å². The summed E-state index contributed by atoms with van der Waals surface area (Å²) in [5, 5.41) is 0.904. The second kappa shape index (κ2) is 5.53. The lowest BCUT2D eigenvalue weighted by Crippen LogP contribution is -2.24. The van der Waals surface area contributed by atoms with E-state index in [-0.39, 0.29) is 0 Å². The quantitative estimate of drug-likeness (QED) is 0.739. The summed E-state index contributed by atoms with van der Waals surface area (Å²) in [5.74, 6) is 0. The van der Waals surface area contributed by atoms with E-state index in [9.17, 15) is 0 Å². The van der Waals surface area contributed by atoms with Gasteiger partial charge in [0.05, 0.1) is 0 Å². The van der Waals surface area contributed by atoms with Gasteiger partial charge in [-0.05, 0) is 37.6 Å². The molecular weight excluding hydrogens is 206 g/mol. The van der Waals surface area contributed by atoms with Gasteiger partial charge in [0, 0.05) is 11.6 Å². The Labute approximate surface area is 97.0 Å². The van der Waals surface area contributed by atoms with Crippen LogP contribution in [0.15, 0.2) is 24.3 Å². The zero-order valence-electron chi connectivity index (χ0n) is 9.08. The Morgan fingerprint density at radius 3 is 2.33 bits per heavy atom. The molecule has 1 saturated heterocycles. The van der Waals surface area contributed by atoms with Gasteiger partial charge in [-0.2, -0.15) is 0 Å². The topological polar surface area (TPSA) is 3.24 Å². The first-order chi connectivity index (χ1) is 7.36. The van der Waals surface area contributed by atoms with Crippen LogP contribution >= 0.6 is 11.6 Å². The predicted molar refractivity (Wildman–Crippen MR) is 65.2 cm³/mol. The summed E-state index contributed by atoms with van der Waals surface area (Å²) < 4.78 is 0. The van der Waals surface area contributed by atoms with Crippen LogP contribution in [0.2, 0.25) is 5.02 Å². The molecule has 0 aliphatic carbocycles. The van der Waals surface area contributed by atoms with E-state index in [4.69, 9.17) is 11.6 Å². The molecule has 0 radical (unpaired) electrons. The lowest BCUT2D eigenvalue weighted by atomic mass is 10.2. The Hall–Kier alpha value is -0.530. The van der Waals surface area contributed by atoms with Crippen molar-refractivity contribution >= 4 is 11.6 Å². The first-order valence-electron chi connectivity index (χ1n) is 5.82. The molecule has 0 N–H and O–H groups in total. The van der Waals surface area contributed by atoms with Gasteiger partial charge in [-0.3, -0.25) is 4.90 Å². The van der Waals surface area contributed by atoms with E-state index in [2.05, 4.69) is 17.0 Å². The van der Waals surface area contributed by atoms with E-state index in [1.807, 2.05) is 12.1 Å². The molecule has 1 heterocycles. The molecule has 0 spiro atoms. The van der Waals surface area contributed by atoms with Crippen molar-refractivity contribution < 1.29 is 0 Å². The maximum Gasteiger partial charge on any atom is 0.0451 e. The zero-order valence-corrected chi connectivity index (χ0v) is 9.84. The summed E-state index contributed by atoms with van der Waals surface area (Å²) in [4.78, 5) is 2.52. The van der Waals surface area contributed by atoms with E-state index < -0.39 is 0 Å². The second-order valence-electron chi connectivity index (χ2n) is 4.28. The van der Waals surface area contributed by atoms with Crippen LogP contribution in [0.4, 0.5) is 0 Å². The van der Waals surface area contributed by atoms with Crippen LogP contribution in [-0.4, -0.2) is 18.0 Å². The SMILES string of the molecule is Clc1ccccc1CN1CCCCCC1. The standard InChI is InChI=1S/C13H18ClN/c14-13-8-4-3-7-12(13)11-15-9-5-1-2-6-10-15/h3-4,7-8H,1-2,5-6,9-11H2. The average molecular weight is 224 g/mol. The number of hydrogen-bond donors (Lipinski definition) is 0. The first-order valence-corrected chi connectivity index (χ1v) is 6.20. The number of nitrogens with zero attached hydrogens (tertiary/aromatic N) is 1. The molecule has 0 atom stereocenters. The van der Waals surface area contributed by atoms with Gasteiger partial charge in [-0.25, -0.2) is 0 Å². The summed E-state index contributed by atoms with van der Waals surface area (Å²) in [6.07, 6.45) is 5.45. The third kappa shape index (κ3) is 3.22. The number of halogens is 1. The van der Waals surface area contributed by atoms with E-state index in [0.29, 0.717) is 0 Å². The van der Waals surface area contributed by atoms with Crippen molar-refractivity contribution in [1.29, 1.82) is 0 Å². The molecular formula is C13H18ClN. The maximum absolute atomic E-state index is 6.16. The van der Waals surface area contributed by atoms with Crippen molar-refractivity contribution in [2.45, 2.75) is 32.2 Å². The summed E-state index contributed by atoms with van der Waals surface area (Å²) in [6.45, 7) is 3.47. The number of rotatable bonds is 2. The molecule has 1 aromatic rings. The highest BCUT2D eigenvalue weighted by Gasteiger charge is 2.10. The molecule has 1 aromatic carbocycles. The van der Waals surface area contributed by atoms with Crippen LogP contribution in [0.5, 0.6) is 0 Å². The Morgan fingerprint density at radius 2 is 1.67 bits per heavy atom. The van der Waals surface area contributed by atoms with Gasteiger partial charge in [0.2, 0.25) is 0 Å². The molecule has 2 rings (SSSR count). The summed E-state index contributed by atoms with van der Waals surface area (Å²) in [5.41, 5.74) is 1.26. The Balaban J connectivity index is 1.98. The van der Waals surface area contributed by atoms with Crippen LogP contribution in [0.1, 0.15) is 31.2 Å². The normalized spacial score (nSPS) is 18.7. The van der Waals surface area contributed by atoms with Gasteiger partial charge in [-0.1, -0.05) is 42.6 Å². The van der Waals surface area contributed by atoms with Gasteiger partial charge in [0.15, 0.2) is 0 Å². The van der Waals surface area contributed by atoms with Crippen LogP contribution < -0.4 is 0 Å². The van der Waals surface area contributed by atoms with Crippen molar-refractivity contribution in [3.63, 3.8) is 0 Å². The molecule has 2 heteroatoms. The van der Waals surface area contributed by atoms with Crippen LogP contribution in [0.25, 0.3) is 0 Å². The summed E-state index contributed by atoms with van der Waals surface area (Å²) >= 11 is 6.16. The third-order valence-electron chi connectivity index (χ3n) is 3.05. The van der Waals surface area contributed by atoms with Crippen LogP contribution in [-0.2, 0) is 6.54 Å². The molecule has 1 aliphatic rings. The molecule has 0 saturated carbocycles. The molecule has 1 aliphatic heterocycles. The molecule has 1 fully saturated rings. The molecule has 82 valence electrons. The van der Waals surface area contributed by atoms with Gasteiger partial charge in [0.1, 0.15) is 0 Å². The Kier molecular flexibility index (Phi) is 4.04. The van der Waals surface area contributed by atoms with E-state index in [1.165, 1.54) is 44.3 Å². The average Bonchev–Trinajstić information content (AvgIpc) is 2.50. The molecule has 0 amide bonds. The van der Waals surface area contributed by atoms with Gasteiger partial charge < -0.3 is 0 Å².